The molecule has 0 heterocycles. The summed E-state index contributed by atoms with van der Waals surface area (Å²) in [7, 11) is 0. The lowest BCUT2D eigenvalue weighted by Gasteiger charge is -2.28. The summed E-state index contributed by atoms with van der Waals surface area (Å²) in [5.41, 5.74) is 2.01. The lowest BCUT2D eigenvalue weighted by molar-refractivity contribution is -0.123. The van der Waals surface area contributed by atoms with E-state index >= 15 is 0 Å². The Morgan fingerprint density at radius 1 is 1.54 bits per heavy atom. The first kappa shape index (κ1) is 10.2. The molecule has 13 heavy (non-hydrogen) atoms. The molecule has 72 valence electrons. The maximum Gasteiger partial charge on any atom is 0.164 e. The van der Waals surface area contributed by atoms with Crippen LogP contribution in [0, 0.1) is 5.41 Å². The first-order chi connectivity index (χ1) is 5.97. The summed E-state index contributed by atoms with van der Waals surface area (Å²) in [6.45, 7) is 8.08. The second-order valence-electron chi connectivity index (χ2n) is 4.40. The van der Waals surface area contributed by atoms with Crippen molar-refractivity contribution in [1.29, 1.82) is 0 Å². The Kier molecular flexibility index (Phi) is 2.74. The van der Waals surface area contributed by atoms with Gasteiger partial charge in [-0.25, -0.2) is 0 Å². The highest BCUT2D eigenvalue weighted by atomic mass is 16.1. The lowest BCUT2D eigenvalue weighted by Crippen LogP contribution is -2.28. The zero-order valence-corrected chi connectivity index (χ0v) is 8.98. The summed E-state index contributed by atoms with van der Waals surface area (Å²) in [5, 5.41) is 0. The number of rotatable bonds is 1. The summed E-state index contributed by atoms with van der Waals surface area (Å²) >= 11 is 0. The number of hydrogen-bond donors (Lipinski definition) is 0. The van der Waals surface area contributed by atoms with Crippen LogP contribution in [-0.4, -0.2) is 5.78 Å². The summed E-state index contributed by atoms with van der Waals surface area (Å²) in [4.78, 5) is 11.7. The van der Waals surface area contributed by atoms with Gasteiger partial charge in [-0.1, -0.05) is 38.5 Å². The van der Waals surface area contributed by atoms with Gasteiger partial charge in [0.2, 0.25) is 0 Å². The molecule has 0 bridgehead atoms. The fourth-order valence-corrected chi connectivity index (χ4v) is 1.91. The van der Waals surface area contributed by atoms with Crippen molar-refractivity contribution in [2.45, 2.75) is 40.5 Å². The highest BCUT2D eigenvalue weighted by molar-refractivity contribution is 6.00. The predicted molar refractivity (Wildman–Crippen MR) is 55.5 cm³/mol. The smallest absolute Gasteiger partial charge is 0.164 e. The monoisotopic (exact) mass is 178 g/mol. The summed E-state index contributed by atoms with van der Waals surface area (Å²) in [6.07, 6.45) is 6.16. The van der Waals surface area contributed by atoms with Crippen LogP contribution in [0.3, 0.4) is 0 Å². The second-order valence-corrected chi connectivity index (χ2v) is 4.40. The molecule has 1 aliphatic rings. The molecule has 0 aromatic rings. The van der Waals surface area contributed by atoms with Crippen LogP contribution in [0.5, 0.6) is 0 Å². The Labute approximate surface area is 80.5 Å². The zero-order chi connectivity index (χ0) is 10.1. The molecule has 0 saturated carbocycles. The van der Waals surface area contributed by atoms with Crippen LogP contribution in [0.4, 0.5) is 0 Å². The third-order valence-corrected chi connectivity index (χ3v) is 2.49. The molecule has 0 aromatic carbocycles. The molecule has 0 saturated heterocycles. The van der Waals surface area contributed by atoms with E-state index in [2.05, 4.69) is 13.0 Å². The highest BCUT2D eigenvalue weighted by Crippen LogP contribution is 2.34. The van der Waals surface area contributed by atoms with Crippen LogP contribution in [0.15, 0.2) is 23.3 Å². The first-order valence-electron chi connectivity index (χ1n) is 4.89. The van der Waals surface area contributed by atoms with Crippen molar-refractivity contribution in [1.82, 2.24) is 0 Å². The lowest BCUT2D eigenvalue weighted by atomic mass is 9.74. The van der Waals surface area contributed by atoms with E-state index in [0.717, 1.165) is 18.4 Å². The van der Waals surface area contributed by atoms with E-state index < -0.39 is 0 Å². The van der Waals surface area contributed by atoms with Crippen molar-refractivity contribution in [2.75, 3.05) is 0 Å². The van der Waals surface area contributed by atoms with Crippen LogP contribution in [-0.2, 0) is 4.79 Å². The minimum absolute atomic E-state index is 0.195. The number of Topliss-reactive ketones (excluding diaryl/α,β-unsaturated/α-hetero) is 1. The highest BCUT2D eigenvalue weighted by Gasteiger charge is 2.32. The molecular formula is C12H18O. The molecule has 0 fully saturated rings. The van der Waals surface area contributed by atoms with Crippen molar-refractivity contribution in [3.05, 3.63) is 23.3 Å². The van der Waals surface area contributed by atoms with Crippen LogP contribution in [0.1, 0.15) is 40.5 Å². The fraction of sp³-hybridized carbons (Fsp3) is 0.583. The van der Waals surface area contributed by atoms with E-state index in [9.17, 15) is 4.79 Å². The largest absolute Gasteiger partial charge is 0.294 e. The van der Waals surface area contributed by atoms with Gasteiger partial charge < -0.3 is 0 Å². The molecule has 0 aromatic heterocycles. The van der Waals surface area contributed by atoms with Crippen molar-refractivity contribution in [3.63, 3.8) is 0 Å². The van der Waals surface area contributed by atoms with E-state index in [-0.39, 0.29) is 5.41 Å². The number of carbonyl (C=O) groups excluding carboxylic acids is 1. The van der Waals surface area contributed by atoms with Gasteiger partial charge in [0, 0.05) is 5.41 Å². The normalized spacial score (nSPS) is 24.8. The van der Waals surface area contributed by atoms with Gasteiger partial charge in [-0.3, -0.25) is 4.79 Å². The fourth-order valence-electron chi connectivity index (χ4n) is 1.91. The molecule has 0 spiro atoms. The average molecular weight is 178 g/mol. The standard InChI is InChI=1S/C12H18O/c1-5-6-10-7-9(2)11(13)12(3,4)8-10/h6-7H,5,8H2,1-4H3/b10-6+. The molecule has 1 heteroatoms. The molecule has 0 aliphatic heterocycles. The van der Waals surface area contributed by atoms with E-state index in [1.807, 2.05) is 26.8 Å². The predicted octanol–water partition coefficient (Wildman–Crippen LogP) is 3.27. The van der Waals surface area contributed by atoms with Gasteiger partial charge in [-0.2, -0.15) is 0 Å². The third kappa shape index (κ3) is 2.09. The van der Waals surface area contributed by atoms with Gasteiger partial charge >= 0.3 is 0 Å². The van der Waals surface area contributed by atoms with Gasteiger partial charge in [-0.15, -0.1) is 0 Å². The first-order valence-corrected chi connectivity index (χ1v) is 4.89. The second kappa shape index (κ2) is 3.49. The van der Waals surface area contributed by atoms with Crippen molar-refractivity contribution in [3.8, 4) is 0 Å². The minimum atomic E-state index is -0.195. The molecule has 0 amide bonds. The van der Waals surface area contributed by atoms with Gasteiger partial charge in [-0.05, 0) is 25.3 Å². The van der Waals surface area contributed by atoms with E-state index in [1.165, 1.54) is 5.57 Å². The third-order valence-electron chi connectivity index (χ3n) is 2.49. The number of hydrogen-bond acceptors (Lipinski definition) is 1. The van der Waals surface area contributed by atoms with Crippen LogP contribution >= 0.6 is 0 Å². The summed E-state index contributed by atoms with van der Waals surface area (Å²) in [5.74, 6) is 0.292. The summed E-state index contributed by atoms with van der Waals surface area (Å²) < 4.78 is 0. The molecule has 0 unspecified atom stereocenters. The molecule has 0 atom stereocenters. The maximum absolute atomic E-state index is 11.7. The van der Waals surface area contributed by atoms with Crippen LogP contribution < -0.4 is 0 Å². The molecule has 0 N–H and O–H groups in total. The van der Waals surface area contributed by atoms with E-state index in [0.29, 0.717) is 5.78 Å². The minimum Gasteiger partial charge on any atom is -0.294 e. The molecule has 1 nitrogen and oxygen atoms in total. The number of ketones is 1. The Bertz CT molecular complexity index is 279. The number of allylic oxidation sites excluding steroid dienone is 4. The Morgan fingerprint density at radius 3 is 2.62 bits per heavy atom. The topological polar surface area (TPSA) is 17.1 Å². The quantitative estimate of drug-likeness (QED) is 0.602. The SMILES string of the molecule is CC/C=C1\C=C(C)C(=O)C(C)(C)C1. The van der Waals surface area contributed by atoms with E-state index in [4.69, 9.17) is 0 Å². The van der Waals surface area contributed by atoms with Crippen molar-refractivity contribution >= 4 is 5.78 Å². The van der Waals surface area contributed by atoms with E-state index in [1.54, 1.807) is 0 Å². The Morgan fingerprint density at radius 2 is 2.15 bits per heavy atom. The van der Waals surface area contributed by atoms with Crippen LogP contribution in [0.2, 0.25) is 0 Å². The zero-order valence-electron chi connectivity index (χ0n) is 8.98. The van der Waals surface area contributed by atoms with Crippen molar-refractivity contribution in [2.24, 2.45) is 5.41 Å². The van der Waals surface area contributed by atoms with Gasteiger partial charge in [0.25, 0.3) is 0 Å². The average Bonchev–Trinajstić information content (AvgIpc) is 2.00. The van der Waals surface area contributed by atoms with Crippen LogP contribution in [0.25, 0.3) is 0 Å². The molecule has 1 rings (SSSR count). The van der Waals surface area contributed by atoms with Crippen molar-refractivity contribution < 1.29 is 4.79 Å². The van der Waals surface area contributed by atoms with Gasteiger partial charge in [0.1, 0.15) is 0 Å². The number of carbonyl (C=O) groups is 1. The molecular weight excluding hydrogens is 160 g/mol. The van der Waals surface area contributed by atoms with Gasteiger partial charge in [0.15, 0.2) is 5.78 Å². The molecule has 1 aliphatic carbocycles. The maximum atomic E-state index is 11.7. The Hall–Kier alpha value is -0.850. The summed E-state index contributed by atoms with van der Waals surface area (Å²) in [6, 6.07) is 0. The Balaban J connectivity index is 3.02. The molecule has 0 radical (unpaired) electrons. The van der Waals surface area contributed by atoms with Gasteiger partial charge in [0.05, 0.1) is 0 Å².